The number of quaternary nitrogens is 1. The molecule has 1 amide bonds. The van der Waals surface area contributed by atoms with Crippen molar-refractivity contribution in [1.82, 2.24) is 0 Å². The van der Waals surface area contributed by atoms with Gasteiger partial charge < -0.3 is 10.2 Å². The number of benzene rings is 3. The molecule has 3 heteroatoms. The van der Waals surface area contributed by atoms with Gasteiger partial charge in [0.1, 0.15) is 6.54 Å². The van der Waals surface area contributed by atoms with Crippen molar-refractivity contribution in [3.63, 3.8) is 0 Å². The van der Waals surface area contributed by atoms with Gasteiger partial charge in [0.15, 0.2) is 6.04 Å². The highest BCUT2D eigenvalue weighted by Gasteiger charge is 2.29. The lowest BCUT2D eigenvalue weighted by atomic mass is 9.98. The van der Waals surface area contributed by atoms with Gasteiger partial charge in [0.25, 0.3) is 5.91 Å². The molecule has 0 aliphatic carbocycles. The molecule has 136 valence electrons. The van der Waals surface area contributed by atoms with Crippen molar-refractivity contribution >= 4 is 11.6 Å². The third-order valence-electron chi connectivity index (χ3n) is 5.53. The minimum atomic E-state index is -0.0952. The zero-order chi connectivity index (χ0) is 18.6. The summed E-state index contributed by atoms with van der Waals surface area (Å²) in [6, 6.07) is 26.7. The summed E-state index contributed by atoms with van der Waals surface area (Å²) in [7, 11) is 0. The fourth-order valence-electron chi connectivity index (χ4n) is 3.86. The Kier molecular flexibility index (Phi) is 5.03. The first-order valence-corrected chi connectivity index (χ1v) is 9.59. The lowest BCUT2D eigenvalue weighted by molar-refractivity contribution is -0.929. The fourth-order valence-corrected chi connectivity index (χ4v) is 3.86. The van der Waals surface area contributed by atoms with Crippen LogP contribution in [-0.2, 0) is 17.8 Å². The van der Waals surface area contributed by atoms with Crippen molar-refractivity contribution in [2.75, 3.05) is 11.9 Å². The number of carbonyl (C=O) groups excluding carboxylic acids is 1. The largest absolute Gasteiger partial charge is 0.321 e. The number of rotatable bonds is 4. The van der Waals surface area contributed by atoms with Crippen molar-refractivity contribution in [3.8, 4) is 11.1 Å². The minimum Gasteiger partial charge on any atom is -0.321 e. The summed E-state index contributed by atoms with van der Waals surface area (Å²) in [5.74, 6) is 0.0766. The molecule has 0 aromatic heterocycles. The van der Waals surface area contributed by atoms with Gasteiger partial charge >= 0.3 is 0 Å². The number of hydrogen-bond acceptors (Lipinski definition) is 1. The molecule has 3 nitrogen and oxygen atoms in total. The van der Waals surface area contributed by atoms with Crippen LogP contribution in [0.3, 0.4) is 0 Å². The smallest absolute Gasteiger partial charge is 0.282 e. The molecule has 4 rings (SSSR count). The zero-order valence-electron chi connectivity index (χ0n) is 15.6. The van der Waals surface area contributed by atoms with Gasteiger partial charge in [-0.2, -0.15) is 0 Å². The highest BCUT2D eigenvalue weighted by Crippen LogP contribution is 2.27. The van der Waals surface area contributed by atoms with E-state index in [1.165, 1.54) is 16.0 Å². The van der Waals surface area contributed by atoms with Crippen LogP contribution in [0.25, 0.3) is 11.1 Å². The highest BCUT2D eigenvalue weighted by molar-refractivity contribution is 5.97. The van der Waals surface area contributed by atoms with Crippen LogP contribution in [0.1, 0.15) is 18.1 Å². The molecule has 0 fully saturated rings. The second-order valence-corrected chi connectivity index (χ2v) is 7.23. The third-order valence-corrected chi connectivity index (χ3v) is 5.53. The van der Waals surface area contributed by atoms with Crippen LogP contribution < -0.4 is 10.2 Å². The molecule has 3 aromatic rings. The van der Waals surface area contributed by atoms with E-state index in [-0.39, 0.29) is 11.9 Å². The number of anilines is 1. The van der Waals surface area contributed by atoms with Crippen molar-refractivity contribution in [1.29, 1.82) is 0 Å². The van der Waals surface area contributed by atoms with E-state index >= 15 is 0 Å². The normalized spacial score (nSPS) is 17.0. The molecule has 0 saturated carbocycles. The number of amides is 1. The molecule has 0 bridgehead atoms. The predicted molar refractivity (Wildman–Crippen MR) is 110 cm³/mol. The van der Waals surface area contributed by atoms with Gasteiger partial charge in [0.2, 0.25) is 0 Å². The second-order valence-electron chi connectivity index (χ2n) is 7.23. The quantitative estimate of drug-likeness (QED) is 0.738. The molecule has 2 atom stereocenters. The van der Waals surface area contributed by atoms with Crippen LogP contribution in [0.2, 0.25) is 0 Å². The molecule has 1 aliphatic heterocycles. The summed E-state index contributed by atoms with van der Waals surface area (Å²) in [6.07, 6.45) is 1.03. The SMILES string of the molecule is C[C@H](C(=O)Nc1ccccc1-c1ccccc1)[NH+]1CCc2ccccc2C1. The summed E-state index contributed by atoms with van der Waals surface area (Å²) < 4.78 is 0. The zero-order valence-corrected chi connectivity index (χ0v) is 15.6. The van der Waals surface area contributed by atoms with Crippen LogP contribution in [0.5, 0.6) is 0 Å². The van der Waals surface area contributed by atoms with Gasteiger partial charge in [-0.15, -0.1) is 0 Å². The van der Waals surface area contributed by atoms with Gasteiger partial charge in [-0.3, -0.25) is 4.79 Å². The maximum atomic E-state index is 13.0. The van der Waals surface area contributed by atoms with Crippen LogP contribution >= 0.6 is 0 Å². The monoisotopic (exact) mass is 357 g/mol. The first-order chi connectivity index (χ1) is 13.2. The average Bonchev–Trinajstić information content (AvgIpc) is 2.74. The fraction of sp³-hybridized carbons (Fsp3) is 0.208. The number of carbonyl (C=O) groups is 1. The molecule has 0 radical (unpaired) electrons. The Bertz CT molecular complexity index is 936. The summed E-state index contributed by atoms with van der Waals surface area (Å²) in [5.41, 5.74) is 5.82. The average molecular weight is 357 g/mol. The molecule has 2 N–H and O–H groups in total. The second kappa shape index (κ2) is 7.77. The number of para-hydroxylation sites is 1. The third kappa shape index (κ3) is 3.79. The lowest BCUT2D eigenvalue weighted by Crippen LogP contribution is -3.16. The van der Waals surface area contributed by atoms with Crippen LogP contribution in [-0.4, -0.2) is 18.5 Å². The molecule has 1 aliphatic rings. The standard InChI is InChI=1S/C24H24N2O/c1-18(26-16-15-19-9-5-6-12-21(19)17-26)24(27)25-23-14-8-7-13-22(23)20-10-3-2-4-11-20/h2-14,18H,15-17H2,1H3,(H,25,27)/p+1/t18-/m1/s1. The minimum absolute atomic E-state index is 0.0766. The van der Waals surface area contributed by atoms with Crippen LogP contribution in [0, 0.1) is 0 Å². The van der Waals surface area contributed by atoms with E-state index in [1.807, 2.05) is 43.3 Å². The van der Waals surface area contributed by atoms with E-state index in [1.54, 1.807) is 0 Å². The number of hydrogen-bond donors (Lipinski definition) is 2. The Hall–Kier alpha value is -2.91. The Morgan fingerprint density at radius 3 is 2.37 bits per heavy atom. The molecule has 1 unspecified atom stereocenters. The first kappa shape index (κ1) is 17.5. The maximum Gasteiger partial charge on any atom is 0.282 e. The van der Waals surface area contributed by atoms with Gasteiger partial charge in [-0.05, 0) is 24.1 Å². The number of nitrogens with one attached hydrogen (secondary N) is 2. The predicted octanol–water partition coefficient (Wildman–Crippen LogP) is 3.32. The van der Waals surface area contributed by atoms with Gasteiger partial charge in [0.05, 0.1) is 6.54 Å². The van der Waals surface area contributed by atoms with E-state index in [9.17, 15) is 4.79 Å². The van der Waals surface area contributed by atoms with E-state index in [0.29, 0.717) is 0 Å². The van der Waals surface area contributed by atoms with Gasteiger partial charge in [-0.25, -0.2) is 0 Å². The van der Waals surface area contributed by atoms with E-state index in [2.05, 4.69) is 47.8 Å². The summed E-state index contributed by atoms with van der Waals surface area (Å²) >= 11 is 0. The summed E-state index contributed by atoms with van der Waals surface area (Å²) in [5, 5.41) is 3.17. The van der Waals surface area contributed by atoms with Crippen molar-refractivity contribution < 1.29 is 9.69 Å². The molecule has 0 spiro atoms. The Labute approximate surface area is 160 Å². The van der Waals surface area contributed by atoms with Gasteiger partial charge in [-0.1, -0.05) is 72.8 Å². The highest BCUT2D eigenvalue weighted by atomic mass is 16.2. The Balaban J connectivity index is 1.50. The number of fused-ring (bicyclic) bond motifs is 1. The summed E-state index contributed by atoms with van der Waals surface area (Å²) in [4.78, 5) is 14.3. The molecule has 3 aromatic carbocycles. The maximum absolute atomic E-state index is 13.0. The topological polar surface area (TPSA) is 33.5 Å². The van der Waals surface area contributed by atoms with Crippen molar-refractivity contribution in [3.05, 3.63) is 90.0 Å². The van der Waals surface area contributed by atoms with E-state index in [0.717, 1.165) is 36.3 Å². The van der Waals surface area contributed by atoms with Crippen LogP contribution in [0.4, 0.5) is 5.69 Å². The molecular formula is C24H25N2O+. The Morgan fingerprint density at radius 2 is 1.56 bits per heavy atom. The van der Waals surface area contributed by atoms with E-state index < -0.39 is 0 Å². The molecular weight excluding hydrogens is 332 g/mol. The van der Waals surface area contributed by atoms with E-state index in [4.69, 9.17) is 0 Å². The van der Waals surface area contributed by atoms with Crippen molar-refractivity contribution in [2.24, 2.45) is 0 Å². The van der Waals surface area contributed by atoms with Gasteiger partial charge in [0, 0.05) is 23.2 Å². The van der Waals surface area contributed by atoms with Crippen molar-refractivity contribution in [2.45, 2.75) is 25.9 Å². The Morgan fingerprint density at radius 1 is 0.889 bits per heavy atom. The lowest BCUT2D eigenvalue weighted by Gasteiger charge is -2.30. The summed E-state index contributed by atoms with van der Waals surface area (Å²) in [6.45, 7) is 3.93. The molecule has 0 saturated heterocycles. The molecule has 1 heterocycles. The van der Waals surface area contributed by atoms with Crippen LogP contribution in [0.15, 0.2) is 78.9 Å². The molecule has 27 heavy (non-hydrogen) atoms. The first-order valence-electron chi connectivity index (χ1n) is 9.59.